The van der Waals surface area contributed by atoms with E-state index in [1.54, 1.807) is 0 Å². The topological polar surface area (TPSA) is 55.1 Å². The number of carbonyl (C=O) groups excluding carboxylic acids is 1. The molecule has 7 heteroatoms. The van der Waals surface area contributed by atoms with E-state index in [4.69, 9.17) is 5.73 Å². The van der Waals surface area contributed by atoms with E-state index in [9.17, 15) is 18.0 Å². The third-order valence-corrected chi connectivity index (χ3v) is 3.04. The first kappa shape index (κ1) is 15.8. The summed E-state index contributed by atoms with van der Waals surface area (Å²) in [5.41, 5.74) is 4.25. The fourth-order valence-corrected chi connectivity index (χ4v) is 1.62. The van der Waals surface area contributed by atoms with Crippen molar-refractivity contribution in [2.45, 2.75) is 31.5 Å². The van der Waals surface area contributed by atoms with E-state index in [0.29, 0.717) is 12.8 Å². The molecule has 1 fully saturated rings. The summed E-state index contributed by atoms with van der Waals surface area (Å²) in [6.07, 6.45) is -3.29. The Bertz CT molecular complexity index is 498. The van der Waals surface area contributed by atoms with Crippen LogP contribution in [0.1, 0.15) is 24.0 Å². The summed E-state index contributed by atoms with van der Waals surface area (Å²) in [7, 11) is 0. The number of nitrogens with one attached hydrogen (secondary N) is 1. The normalized spacial score (nSPS) is 16.5. The van der Waals surface area contributed by atoms with E-state index in [1.165, 1.54) is 19.1 Å². The van der Waals surface area contributed by atoms with Gasteiger partial charge in [-0.25, -0.2) is 0 Å². The Morgan fingerprint density at radius 2 is 1.95 bits per heavy atom. The third-order valence-electron chi connectivity index (χ3n) is 3.04. The lowest BCUT2D eigenvalue weighted by Gasteiger charge is -2.14. The highest BCUT2D eigenvalue weighted by molar-refractivity contribution is 6.00. The molecule has 2 rings (SSSR count). The van der Waals surface area contributed by atoms with Gasteiger partial charge >= 0.3 is 6.18 Å². The lowest BCUT2D eigenvalue weighted by molar-refractivity contribution is -0.138. The number of alkyl halides is 3. The van der Waals surface area contributed by atoms with Gasteiger partial charge in [0, 0.05) is 5.69 Å². The van der Waals surface area contributed by atoms with E-state index in [1.807, 2.05) is 0 Å². The zero-order valence-electron chi connectivity index (χ0n) is 10.2. The van der Waals surface area contributed by atoms with Crippen LogP contribution >= 0.6 is 12.4 Å². The second kappa shape index (κ2) is 5.02. The maximum absolute atomic E-state index is 12.7. The SMILES string of the molecule is Cc1ccc(NC(=O)C2(N)CC2)cc1C(F)(F)F.Cl. The van der Waals surface area contributed by atoms with Gasteiger partial charge in [0.2, 0.25) is 5.91 Å². The predicted octanol–water partition coefficient (Wildman–Crippen LogP) is 2.87. The number of aryl methyl sites for hydroxylation is 1. The number of carbonyl (C=O) groups is 1. The van der Waals surface area contributed by atoms with Gasteiger partial charge in [-0.1, -0.05) is 6.07 Å². The zero-order valence-corrected chi connectivity index (χ0v) is 11.0. The van der Waals surface area contributed by atoms with Crippen LogP contribution in [-0.4, -0.2) is 11.4 Å². The van der Waals surface area contributed by atoms with Crippen molar-refractivity contribution < 1.29 is 18.0 Å². The predicted molar refractivity (Wildman–Crippen MR) is 68.2 cm³/mol. The number of amides is 1. The van der Waals surface area contributed by atoms with Crippen LogP contribution in [0.15, 0.2) is 18.2 Å². The van der Waals surface area contributed by atoms with Gasteiger partial charge in [0.15, 0.2) is 0 Å². The van der Waals surface area contributed by atoms with Crippen molar-refractivity contribution in [3.05, 3.63) is 29.3 Å². The largest absolute Gasteiger partial charge is 0.416 e. The Morgan fingerprint density at radius 1 is 1.37 bits per heavy atom. The average Bonchev–Trinajstić information content (AvgIpc) is 2.99. The first-order valence-corrected chi connectivity index (χ1v) is 5.50. The molecule has 0 heterocycles. The van der Waals surface area contributed by atoms with E-state index < -0.39 is 23.2 Å². The number of benzene rings is 1. The monoisotopic (exact) mass is 294 g/mol. The second-order valence-electron chi connectivity index (χ2n) is 4.64. The number of hydrogen-bond donors (Lipinski definition) is 2. The molecule has 0 radical (unpaired) electrons. The highest BCUT2D eigenvalue weighted by Crippen LogP contribution is 2.35. The molecule has 1 aromatic rings. The maximum Gasteiger partial charge on any atom is 0.416 e. The molecule has 1 saturated carbocycles. The van der Waals surface area contributed by atoms with Crippen molar-refractivity contribution in [2.24, 2.45) is 5.73 Å². The van der Waals surface area contributed by atoms with Crippen LogP contribution in [0.25, 0.3) is 0 Å². The molecule has 0 unspecified atom stereocenters. The maximum atomic E-state index is 12.7. The quantitative estimate of drug-likeness (QED) is 0.881. The molecule has 3 nitrogen and oxygen atoms in total. The van der Waals surface area contributed by atoms with Gasteiger partial charge in [-0.2, -0.15) is 13.2 Å². The Kier molecular flexibility index (Phi) is 4.17. The smallest absolute Gasteiger partial charge is 0.324 e. The standard InChI is InChI=1S/C12H13F3N2O.ClH/c1-7-2-3-8(6-9(7)12(13,14)15)17-10(18)11(16)4-5-11;/h2-3,6H,4-5,16H2,1H3,(H,17,18);1H. The number of halogens is 4. The minimum Gasteiger partial charge on any atom is -0.324 e. The molecule has 1 amide bonds. The van der Waals surface area contributed by atoms with Gasteiger partial charge in [0.25, 0.3) is 0 Å². The Labute approximate surface area is 114 Å². The highest BCUT2D eigenvalue weighted by atomic mass is 35.5. The Morgan fingerprint density at radius 3 is 2.42 bits per heavy atom. The summed E-state index contributed by atoms with van der Waals surface area (Å²) < 4.78 is 38.0. The van der Waals surface area contributed by atoms with Crippen molar-refractivity contribution in [3.63, 3.8) is 0 Å². The number of hydrogen-bond acceptors (Lipinski definition) is 2. The van der Waals surface area contributed by atoms with Crippen LogP contribution in [-0.2, 0) is 11.0 Å². The molecule has 106 valence electrons. The lowest BCUT2D eigenvalue weighted by Crippen LogP contribution is -2.37. The van der Waals surface area contributed by atoms with Gasteiger partial charge in [0.05, 0.1) is 11.1 Å². The van der Waals surface area contributed by atoms with Crippen molar-refractivity contribution in [1.82, 2.24) is 0 Å². The summed E-state index contributed by atoms with van der Waals surface area (Å²) in [4.78, 5) is 11.6. The second-order valence-corrected chi connectivity index (χ2v) is 4.64. The molecule has 1 aromatic carbocycles. The van der Waals surface area contributed by atoms with Crippen molar-refractivity contribution >= 4 is 24.0 Å². The molecule has 1 aliphatic rings. The molecule has 0 spiro atoms. The minimum absolute atomic E-state index is 0. The lowest BCUT2D eigenvalue weighted by atomic mass is 10.1. The van der Waals surface area contributed by atoms with Crippen LogP contribution in [0.4, 0.5) is 18.9 Å². The van der Waals surface area contributed by atoms with Crippen LogP contribution in [0, 0.1) is 6.92 Å². The van der Waals surface area contributed by atoms with Crippen molar-refractivity contribution in [1.29, 1.82) is 0 Å². The molecular formula is C12H14ClF3N2O. The first-order chi connectivity index (χ1) is 8.22. The number of anilines is 1. The van der Waals surface area contributed by atoms with Crippen LogP contribution in [0.2, 0.25) is 0 Å². The molecule has 19 heavy (non-hydrogen) atoms. The van der Waals surface area contributed by atoms with Gasteiger partial charge in [0.1, 0.15) is 0 Å². The van der Waals surface area contributed by atoms with Gasteiger partial charge in [-0.15, -0.1) is 12.4 Å². The van der Waals surface area contributed by atoms with Crippen LogP contribution < -0.4 is 11.1 Å². The molecule has 0 bridgehead atoms. The molecule has 0 saturated heterocycles. The first-order valence-electron chi connectivity index (χ1n) is 5.50. The minimum atomic E-state index is -4.43. The molecular weight excluding hydrogens is 281 g/mol. The van der Waals surface area contributed by atoms with Gasteiger partial charge in [-0.3, -0.25) is 4.79 Å². The Balaban J connectivity index is 0.00000180. The van der Waals surface area contributed by atoms with E-state index in [0.717, 1.165) is 6.07 Å². The molecule has 0 aromatic heterocycles. The molecule has 1 aliphatic carbocycles. The fraction of sp³-hybridized carbons (Fsp3) is 0.417. The molecule has 0 aliphatic heterocycles. The van der Waals surface area contributed by atoms with Crippen LogP contribution in [0.3, 0.4) is 0 Å². The number of nitrogens with two attached hydrogens (primary N) is 1. The zero-order chi connectivity index (χ0) is 13.6. The Hall–Kier alpha value is -1.27. The van der Waals surface area contributed by atoms with Crippen LogP contribution in [0.5, 0.6) is 0 Å². The van der Waals surface area contributed by atoms with Crippen molar-refractivity contribution in [2.75, 3.05) is 5.32 Å². The molecule has 0 atom stereocenters. The summed E-state index contributed by atoms with van der Waals surface area (Å²) in [6, 6.07) is 3.70. The van der Waals surface area contributed by atoms with E-state index in [-0.39, 0.29) is 23.7 Å². The average molecular weight is 295 g/mol. The summed E-state index contributed by atoms with van der Waals surface area (Å²) in [5, 5.41) is 2.42. The summed E-state index contributed by atoms with van der Waals surface area (Å²) >= 11 is 0. The fourth-order valence-electron chi connectivity index (χ4n) is 1.62. The summed E-state index contributed by atoms with van der Waals surface area (Å²) in [5.74, 6) is -0.431. The third kappa shape index (κ3) is 3.39. The van der Waals surface area contributed by atoms with E-state index >= 15 is 0 Å². The molecule has 3 N–H and O–H groups in total. The van der Waals surface area contributed by atoms with Crippen molar-refractivity contribution in [3.8, 4) is 0 Å². The van der Waals surface area contributed by atoms with E-state index in [2.05, 4.69) is 5.32 Å². The van der Waals surface area contributed by atoms with Gasteiger partial charge < -0.3 is 11.1 Å². The number of rotatable bonds is 2. The van der Waals surface area contributed by atoms with Gasteiger partial charge in [-0.05, 0) is 37.5 Å². The highest BCUT2D eigenvalue weighted by Gasteiger charge is 2.46. The summed E-state index contributed by atoms with van der Waals surface area (Å²) in [6.45, 7) is 1.37.